The van der Waals surface area contributed by atoms with Crippen LogP contribution in [0.15, 0.2) is 48.7 Å². The van der Waals surface area contributed by atoms with Crippen LogP contribution in [-0.2, 0) is 12.7 Å². The second-order valence-corrected chi connectivity index (χ2v) is 8.93. The van der Waals surface area contributed by atoms with Crippen molar-refractivity contribution in [3.8, 4) is 11.5 Å². The number of alkyl halides is 3. The summed E-state index contributed by atoms with van der Waals surface area (Å²) in [6.45, 7) is 2.18. The van der Waals surface area contributed by atoms with E-state index < -0.39 is 23.5 Å². The fourth-order valence-corrected chi connectivity index (χ4v) is 4.33. The second-order valence-electron chi connectivity index (χ2n) is 8.93. The predicted octanol–water partition coefficient (Wildman–Crippen LogP) is 5.25. The summed E-state index contributed by atoms with van der Waals surface area (Å²) in [6.07, 6.45) is 0.445. The molecule has 0 spiro atoms. The lowest BCUT2D eigenvalue weighted by Gasteiger charge is -2.32. The van der Waals surface area contributed by atoms with Gasteiger partial charge in [0.2, 0.25) is 5.82 Å². The fourth-order valence-electron chi connectivity index (χ4n) is 4.33. The van der Waals surface area contributed by atoms with E-state index in [2.05, 4.69) is 25.3 Å². The van der Waals surface area contributed by atoms with Crippen LogP contribution in [0.4, 0.5) is 19.0 Å². The summed E-state index contributed by atoms with van der Waals surface area (Å²) in [5.74, 6) is -0.518. The number of benzene rings is 1. The van der Waals surface area contributed by atoms with E-state index in [0.29, 0.717) is 34.3 Å². The van der Waals surface area contributed by atoms with Crippen LogP contribution in [0.25, 0.3) is 22.7 Å². The summed E-state index contributed by atoms with van der Waals surface area (Å²) in [6, 6.07) is 10.2. The molecule has 11 heteroatoms. The SMILES string of the molecule is C[C@@H](Nc1nc(C(=O)O)nc2nc(-c3ccccn3)n(Cc3ccc(C(F)(F)F)cc3)c12)C1CCC1. The van der Waals surface area contributed by atoms with Gasteiger partial charge < -0.3 is 15.0 Å². The standard InChI is InChI=1S/C25H23F3N6O2/c1-14(16-5-4-6-16)30-20-19-21(32-22(31-20)24(35)36)33-23(18-7-2-3-12-29-18)34(19)13-15-8-10-17(11-9-15)25(26,27)28/h2-3,7-12,14,16H,4-6,13H2,1H3,(H,35,36)(H,30,31,32)/t14-/m1/s1. The summed E-state index contributed by atoms with van der Waals surface area (Å²) < 4.78 is 41.0. The van der Waals surface area contributed by atoms with E-state index in [4.69, 9.17) is 0 Å². The molecule has 0 amide bonds. The van der Waals surface area contributed by atoms with Gasteiger partial charge in [0, 0.05) is 18.8 Å². The number of rotatable bonds is 7. The number of imidazole rings is 1. The van der Waals surface area contributed by atoms with Crippen LogP contribution in [0.5, 0.6) is 0 Å². The average molecular weight is 496 g/mol. The Morgan fingerprint density at radius 3 is 2.47 bits per heavy atom. The van der Waals surface area contributed by atoms with Crippen LogP contribution < -0.4 is 5.32 Å². The number of anilines is 1. The van der Waals surface area contributed by atoms with Crippen molar-refractivity contribution in [2.24, 2.45) is 5.92 Å². The molecule has 1 fully saturated rings. The van der Waals surface area contributed by atoms with Crippen LogP contribution in [0.1, 0.15) is 47.9 Å². The molecular formula is C25H23F3N6O2. The van der Waals surface area contributed by atoms with Gasteiger partial charge in [-0.1, -0.05) is 24.6 Å². The van der Waals surface area contributed by atoms with Crippen molar-refractivity contribution in [3.63, 3.8) is 0 Å². The average Bonchev–Trinajstić information content (AvgIpc) is 3.16. The van der Waals surface area contributed by atoms with Crippen LogP contribution in [-0.4, -0.2) is 41.6 Å². The molecular weight excluding hydrogens is 473 g/mol. The zero-order valence-electron chi connectivity index (χ0n) is 19.3. The fraction of sp³-hybridized carbons (Fsp3) is 0.320. The third kappa shape index (κ3) is 4.60. The maximum atomic E-state index is 13.1. The lowest BCUT2D eigenvalue weighted by Crippen LogP contribution is -2.31. The van der Waals surface area contributed by atoms with Crippen LogP contribution in [0, 0.1) is 5.92 Å². The Kier molecular flexibility index (Phi) is 6.07. The Balaban J connectivity index is 1.66. The molecule has 1 atom stereocenters. The normalized spacial score (nSPS) is 15.0. The Labute approximate surface area is 204 Å². The van der Waals surface area contributed by atoms with Crippen molar-refractivity contribution < 1.29 is 23.1 Å². The lowest BCUT2D eigenvalue weighted by atomic mass is 9.80. The minimum atomic E-state index is -4.44. The molecule has 4 aromatic rings. The summed E-state index contributed by atoms with van der Waals surface area (Å²) >= 11 is 0. The number of carboxylic acid groups (broad SMARTS) is 1. The molecule has 5 rings (SSSR count). The highest BCUT2D eigenvalue weighted by Crippen LogP contribution is 2.34. The molecule has 0 aliphatic heterocycles. The first kappa shape index (κ1) is 23.7. The summed E-state index contributed by atoms with van der Waals surface area (Å²) in [4.78, 5) is 29.2. The third-order valence-electron chi connectivity index (χ3n) is 6.53. The van der Waals surface area contributed by atoms with E-state index in [1.165, 1.54) is 12.1 Å². The predicted molar refractivity (Wildman–Crippen MR) is 126 cm³/mol. The number of aromatic nitrogens is 5. The number of carboxylic acids is 1. The number of fused-ring (bicyclic) bond motifs is 1. The van der Waals surface area contributed by atoms with Gasteiger partial charge in [-0.05, 0) is 55.5 Å². The first-order chi connectivity index (χ1) is 17.2. The van der Waals surface area contributed by atoms with Crippen molar-refractivity contribution in [1.29, 1.82) is 0 Å². The number of hydrogen-bond acceptors (Lipinski definition) is 6. The third-order valence-corrected chi connectivity index (χ3v) is 6.53. The number of nitrogens with zero attached hydrogens (tertiary/aromatic N) is 5. The van der Waals surface area contributed by atoms with Crippen LogP contribution >= 0.6 is 0 Å². The van der Waals surface area contributed by atoms with Crippen molar-refractivity contribution in [1.82, 2.24) is 24.5 Å². The largest absolute Gasteiger partial charge is 0.475 e. The van der Waals surface area contributed by atoms with Gasteiger partial charge in [-0.15, -0.1) is 0 Å². The molecule has 186 valence electrons. The molecule has 1 saturated carbocycles. The van der Waals surface area contributed by atoms with Gasteiger partial charge in [-0.25, -0.2) is 19.7 Å². The van der Waals surface area contributed by atoms with Gasteiger partial charge in [0.25, 0.3) is 0 Å². The van der Waals surface area contributed by atoms with Crippen molar-refractivity contribution >= 4 is 23.0 Å². The van der Waals surface area contributed by atoms with E-state index >= 15 is 0 Å². The second kappa shape index (κ2) is 9.21. The number of aromatic carboxylic acids is 1. The maximum Gasteiger partial charge on any atom is 0.416 e. The first-order valence-electron chi connectivity index (χ1n) is 11.6. The minimum Gasteiger partial charge on any atom is -0.475 e. The zero-order valence-corrected chi connectivity index (χ0v) is 19.3. The quantitative estimate of drug-likeness (QED) is 0.360. The smallest absolute Gasteiger partial charge is 0.416 e. The topological polar surface area (TPSA) is 106 Å². The highest BCUT2D eigenvalue weighted by Gasteiger charge is 2.30. The first-order valence-corrected chi connectivity index (χ1v) is 11.6. The minimum absolute atomic E-state index is 0.0335. The Hall–Kier alpha value is -4.02. The molecule has 3 heterocycles. The lowest BCUT2D eigenvalue weighted by molar-refractivity contribution is -0.137. The van der Waals surface area contributed by atoms with Gasteiger partial charge in [0.15, 0.2) is 17.3 Å². The molecule has 3 aromatic heterocycles. The number of nitrogens with one attached hydrogen (secondary N) is 1. The van der Waals surface area contributed by atoms with E-state index in [1.54, 1.807) is 29.0 Å². The molecule has 1 aromatic carbocycles. The van der Waals surface area contributed by atoms with Gasteiger partial charge >= 0.3 is 12.1 Å². The Bertz CT molecular complexity index is 1400. The summed E-state index contributed by atoms with van der Waals surface area (Å²) in [7, 11) is 0. The van der Waals surface area contributed by atoms with Crippen molar-refractivity contribution in [3.05, 3.63) is 65.6 Å². The highest BCUT2D eigenvalue weighted by atomic mass is 19.4. The van der Waals surface area contributed by atoms with E-state index in [9.17, 15) is 23.1 Å². The number of halogens is 3. The molecule has 8 nitrogen and oxygen atoms in total. The molecule has 2 N–H and O–H groups in total. The zero-order chi connectivity index (χ0) is 25.4. The number of pyridine rings is 1. The van der Waals surface area contributed by atoms with E-state index in [-0.39, 0.29) is 18.2 Å². The van der Waals surface area contributed by atoms with E-state index in [1.807, 2.05) is 6.92 Å². The van der Waals surface area contributed by atoms with Crippen LogP contribution in [0.3, 0.4) is 0 Å². The molecule has 0 unspecified atom stereocenters. The maximum absolute atomic E-state index is 13.1. The van der Waals surface area contributed by atoms with Gasteiger partial charge in [-0.3, -0.25) is 4.98 Å². The van der Waals surface area contributed by atoms with Crippen molar-refractivity contribution in [2.75, 3.05) is 5.32 Å². The number of hydrogen-bond donors (Lipinski definition) is 2. The molecule has 1 aliphatic rings. The Morgan fingerprint density at radius 1 is 1.14 bits per heavy atom. The number of carbonyl (C=O) groups is 1. The van der Waals surface area contributed by atoms with Gasteiger partial charge in [0.1, 0.15) is 11.2 Å². The molecule has 1 aliphatic carbocycles. The molecule has 0 saturated heterocycles. The van der Waals surface area contributed by atoms with Gasteiger partial charge in [-0.2, -0.15) is 13.2 Å². The Morgan fingerprint density at radius 2 is 1.89 bits per heavy atom. The van der Waals surface area contributed by atoms with Gasteiger partial charge in [0.05, 0.1) is 5.56 Å². The molecule has 0 radical (unpaired) electrons. The summed E-state index contributed by atoms with van der Waals surface area (Å²) in [5, 5.41) is 13.0. The van der Waals surface area contributed by atoms with Crippen LogP contribution in [0.2, 0.25) is 0 Å². The summed E-state index contributed by atoms with van der Waals surface area (Å²) in [5.41, 5.74) is 1.000. The highest BCUT2D eigenvalue weighted by molar-refractivity contribution is 5.92. The van der Waals surface area contributed by atoms with E-state index in [0.717, 1.165) is 31.4 Å². The monoisotopic (exact) mass is 496 g/mol. The van der Waals surface area contributed by atoms with Crippen molar-refractivity contribution in [2.45, 2.75) is 44.9 Å². The molecule has 0 bridgehead atoms. The molecule has 36 heavy (non-hydrogen) atoms.